The van der Waals surface area contributed by atoms with Crippen LogP contribution >= 0.6 is 23.2 Å². The summed E-state index contributed by atoms with van der Waals surface area (Å²) in [6.07, 6.45) is 1.50. The average Bonchev–Trinajstić information content (AvgIpc) is 3.47. The van der Waals surface area contributed by atoms with E-state index in [0.717, 1.165) is 11.1 Å². The van der Waals surface area contributed by atoms with Crippen molar-refractivity contribution in [3.05, 3.63) is 87.9 Å². The number of nitrogens with one attached hydrogen (secondary N) is 1. The minimum absolute atomic E-state index is 0.0754. The maximum atomic E-state index is 12.8. The molecule has 2 heterocycles. The first-order valence-corrected chi connectivity index (χ1v) is 11.8. The summed E-state index contributed by atoms with van der Waals surface area (Å²) >= 11 is 12.2. The number of amides is 1. The first-order valence-electron chi connectivity index (χ1n) is 11.0. The first kappa shape index (κ1) is 24.3. The number of benzene rings is 3. The maximum absolute atomic E-state index is 12.8. The standard InChI is InChI=1S/C25H19Cl2N7O3/c26-17-10-9-16(18(27)11-17)14-36-21-8-4-1-5-15(21)12-29-31-22(35)13-34-20-7-3-2-6-19(20)30-25(34)23-24(28)33-37-32-23/h1-12H,13-14H2,(H2,28,33)(H,31,35)/b29-12-. The summed E-state index contributed by atoms with van der Waals surface area (Å²) < 4.78 is 12.3. The summed E-state index contributed by atoms with van der Waals surface area (Å²) in [6, 6.07) is 19.9. The van der Waals surface area contributed by atoms with E-state index in [1.807, 2.05) is 42.5 Å². The Balaban J connectivity index is 1.29. The maximum Gasteiger partial charge on any atom is 0.260 e. The number of carbonyl (C=O) groups is 1. The molecule has 0 radical (unpaired) electrons. The van der Waals surface area contributed by atoms with Gasteiger partial charge in [-0.1, -0.05) is 53.5 Å². The summed E-state index contributed by atoms with van der Waals surface area (Å²) in [4.78, 5) is 17.3. The summed E-state index contributed by atoms with van der Waals surface area (Å²) in [5.74, 6) is 0.621. The molecular weight excluding hydrogens is 517 g/mol. The van der Waals surface area contributed by atoms with E-state index in [0.29, 0.717) is 32.7 Å². The number of aromatic nitrogens is 4. The molecule has 2 aromatic heterocycles. The Morgan fingerprint density at radius 1 is 1.11 bits per heavy atom. The van der Waals surface area contributed by atoms with Gasteiger partial charge in [0.2, 0.25) is 0 Å². The number of hydrazone groups is 1. The molecule has 12 heteroatoms. The zero-order valence-corrected chi connectivity index (χ0v) is 20.6. The van der Waals surface area contributed by atoms with Gasteiger partial charge >= 0.3 is 0 Å². The molecule has 0 saturated carbocycles. The van der Waals surface area contributed by atoms with E-state index in [1.165, 1.54) is 6.21 Å². The Morgan fingerprint density at radius 3 is 2.73 bits per heavy atom. The van der Waals surface area contributed by atoms with Gasteiger partial charge in [-0.15, -0.1) is 0 Å². The molecular formula is C25H19Cl2N7O3. The number of nitrogen functional groups attached to an aromatic ring is 1. The minimum atomic E-state index is -0.387. The SMILES string of the molecule is Nc1nonc1-c1nc2ccccc2n1CC(=O)N/N=C\c1ccccc1OCc1ccc(Cl)cc1Cl. The lowest BCUT2D eigenvalue weighted by atomic mass is 10.2. The second-order valence-corrected chi connectivity index (χ2v) is 8.71. The van der Waals surface area contributed by atoms with Crippen LogP contribution in [0.4, 0.5) is 5.82 Å². The number of nitrogens with zero attached hydrogens (tertiary/aromatic N) is 5. The van der Waals surface area contributed by atoms with Crippen molar-refractivity contribution in [1.29, 1.82) is 0 Å². The van der Waals surface area contributed by atoms with Crippen molar-refractivity contribution in [1.82, 2.24) is 25.3 Å². The number of halogens is 2. The van der Waals surface area contributed by atoms with Crippen molar-refractivity contribution in [3.63, 3.8) is 0 Å². The number of para-hydroxylation sites is 3. The third-order valence-electron chi connectivity index (χ3n) is 5.39. The summed E-state index contributed by atoms with van der Waals surface area (Å²) in [7, 11) is 0. The van der Waals surface area contributed by atoms with Crippen LogP contribution in [0.2, 0.25) is 10.0 Å². The molecule has 37 heavy (non-hydrogen) atoms. The Kier molecular flexibility index (Phi) is 7.02. The number of anilines is 1. The Hall–Kier alpha value is -4.41. The van der Waals surface area contributed by atoms with E-state index in [9.17, 15) is 4.79 Å². The molecule has 186 valence electrons. The quantitative estimate of drug-likeness (QED) is 0.217. The van der Waals surface area contributed by atoms with Crippen LogP contribution in [0.3, 0.4) is 0 Å². The van der Waals surface area contributed by atoms with Gasteiger partial charge in [0.05, 0.1) is 17.2 Å². The van der Waals surface area contributed by atoms with E-state index in [-0.39, 0.29) is 30.6 Å². The van der Waals surface area contributed by atoms with Gasteiger partial charge < -0.3 is 15.0 Å². The Bertz CT molecular complexity index is 1610. The Morgan fingerprint density at radius 2 is 1.92 bits per heavy atom. The van der Waals surface area contributed by atoms with Crippen LogP contribution in [0.1, 0.15) is 11.1 Å². The molecule has 3 aromatic carbocycles. The molecule has 0 spiro atoms. The van der Waals surface area contributed by atoms with Gasteiger partial charge in [0.25, 0.3) is 5.91 Å². The van der Waals surface area contributed by atoms with Gasteiger partial charge in [-0.25, -0.2) is 15.0 Å². The van der Waals surface area contributed by atoms with Crippen LogP contribution in [0.25, 0.3) is 22.6 Å². The normalized spacial score (nSPS) is 11.3. The fourth-order valence-corrected chi connectivity index (χ4v) is 4.10. The number of fused-ring (bicyclic) bond motifs is 1. The number of imidazole rings is 1. The smallest absolute Gasteiger partial charge is 0.260 e. The van der Waals surface area contributed by atoms with E-state index >= 15 is 0 Å². The van der Waals surface area contributed by atoms with Crippen molar-refractivity contribution in [3.8, 4) is 17.3 Å². The summed E-state index contributed by atoms with van der Waals surface area (Å²) in [5, 5.41) is 12.6. The number of nitrogens with two attached hydrogens (primary N) is 1. The van der Waals surface area contributed by atoms with Gasteiger partial charge in [-0.3, -0.25) is 4.79 Å². The van der Waals surface area contributed by atoms with Crippen molar-refractivity contribution >= 4 is 52.2 Å². The lowest BCUT2D eigenvalue weighted by molar-refractivity contribution is -0.121. The monoisotopic (exact) mass is 535 g/mol. The molecule has 10 nitrogen and oxygen atoms in total. The van der Waals surface area contributed by atoms with Crippen LogP contribution in [0, 0.1) is 0 Å². The minimum Gasteiger partial charge on any atom is -0.488 e. The van der Waals surface area contributed by atoms with Crippen LogP contribution in [-0.4, -0.2) is 32.0 Å². The van der Waals surface area contributed by atoms with Crippen molar-refractivity contribution in [2.75, 3.05) is 5.73 Å². The van der Waals surface area contributed by atoms with Crippen molar-refractivity contribution in [2.24, 2.45) is 5.10 Å². The number of rotatable bonds is 8. The molecule has 0 saturated heterocycles. The van der Waals surface area contributed by atoms with Gasteiger partial charge in [0.1, 0.15) is 18.9 Å². The molecule has 0 atom stereocenters. The molecule has 1 amide bonds. The van der Waals surface area contributed by atoms with Crippen molar-refractivity contribution in [2.45, 2.75) is 13.2 Å². The predicted molar refractivity (Wildman–Crippen MR) is 140 cm³/mol. The molecule has 0 unspecified atom stereocenters. The van der Waals surface area contributed by atoms with Gasteiger partial charge in [0, 0.05) is 21.2 Å². The highest BCUT2D eigenvalue weighted by Crippen LogP contribution is 2.27. The highest BCUT2D eigenvalue weighted by Gasteiger charge is 2.20. The van der Waals surface area contributed by atoms with E-state index in [1.54, 1.807) is 28.8 Å². The van der Waals surface area contributed by atoms with E-state index in [2.05, 4.69) is 25.8 Å². The number of carbonyl (C=O) groups excluding carboxylic acids is 1. The molecule has 0 aliphatic heterocycles. The fraction of sp³-hybridized carbons (Fsp3) is 0.0800. The van der Waals surface area contributed by atoms with Crippen LogP contribution in [0.5, 0.6) is 5.75 Å². The zero-order valence-electron chi connectivity index (χ0n) is 19.1. The van der Waals surface area contributed by atoms with Crippen LogP contribution in [0.15, 0.2) is 76.5 Å². The highest BCUT2D eigenvalue weighted by molar-refractivity contribution is 6.35. The van der Waals surface area contributed by atoms with E-state index < -0.39 is 0 Å². The lowest BCUT2D eigenvalue weighted by Gasteiger charge is -2.10. The number of hydrogen-bond donors (Lipinski definition) is 2. The third kappa shape index (κ3) is 5.40. The fourth-order valence-electron chi connectivity index (χ4n) is 3.63. The number of hydrogen-bond acceptors (Lipinski definition) is 8. The molecule has 0 fully saturated rings. The molecule has 0 bridgehead atoms. The zero-order chi connectivity index (χ0) is 25.8. The number of ether oxygens (including phenoxy) is 1. The second-order valence-electron chi connectivity index (χ2n) is 7.86. The third-order valence-corrected chi connectivity index (χ3v) is 5.98. The van der Waals surface area contributed by atoms with Crippen LogP contribution in [-0.2, 0) is 17.9 Å². The molecule has 5 rings (SSSR count). The van der Waals surface area contributed by atoms with Gasteiger partial charge in [0.15, 0.2) is 17.3 Å². The van der Waals surface area contributed by atoms with Crippen LogP contribution < -0.4 is 15.9 Å². The van der Waals surface area contributed by atoms with Gasteiger partial charge in [-0.2, -0.15) is 5.10 Å². The average molecular weight is 536 g/mol. The molecule has 3 N–H and O–H groups in total. The topological polar surface area (TPSA) is 133 Å². The first-order chi connectivity index (χ1) is 18.0. The van der Waals surface area contributed by atoms with E-state index in [4.69, 9.17) is 38.3 Å². The lowest BCUT2D eigenvalue weighted by Crippen LogP contribution is -2.23. The van der Waals surface area contributed by atoms with Gasteiger partial charge in [-0.05, 0) is 46.7 Å². The molecule has 0 aliphatic carbocycles. The Labute approximate surface area is 220 Å². The highest BCUT2D eigenvalue weighted by atomic mass is 35.5. The second kappa shape index (κ2) is 10.7. The predicted octanol–water partition coefficient (Wildman–Crippen LogP) is 4.70. The molecule has 5 aromatic rings. The summed E-state index contributed by atoms with van der Waals surface area (Å²) in [5.41, 5.74) is 11.5. The molecule has 0 aliphatic rings. The summed E-state index contributed by atoms with van der Waals surface area (Å²) in [6.45, 7) is 0.149. The van der Waals surface area contributed by atoms with Crippen molar-refractivity contribution < 1.29 is 14.2 Å². The largest absolute Gasteiger partial charge is 0.488 e.